The second-order valence-electron chi connectivity index (χ2n) is 4.79. The Kier molecular flexibility index (Phi) is 2.51. The van der Waals surface area contributed by atoms with Crippen LogP contribution in [0, 0.1) is 11.8 Å². The summed E-state index contributed by atoms with van der Waals surface area (Å²) in [6.45, 7) is 0. The number of thioether (sulfide) groups is 1. The minimum Gasteiger partial charge on any atom is -0.457 e. The zero-order valence-corrected chi connectivity index (χ0v) is 9.59. The lowest BCUT2D eigenvalue weighted by Crippen LogP contribution is -2.30. The molecule has 3 fully saturated rings. The minimum absolute atomic E-state index is 0.0888. The van der Waals surface area contributed by atoms with Crippen LogP contribution < -0.4 is 0 Å². The van der Waals surface area contributed by atoms with E-state index in [4.69, 9.17) is 4.74 Å². The molecule has 3 rings (SSSR count). The summed E-state index contributed by atoms with van der Waals surface area (Å²) in [5.74, 6) is 3.33. The average molecular weight is 224 g/mol. The van der Waals surface area contributed by atoms with E-state index in [-0.39, 0.29) is 12.1 Å². The van der Waals surface area contributed by atoms with Gasteiger partial charge >= 0.3 is 5.97 Å². The number of hydrogen-bond acceptors (Lipinski definition) is 3. The standard InChI is InChI=1S/C12H16O2S/c13-12(14-10-6-15-7-10)5-11(8-1-2-8)9-3-4-9/h5,8-10H,1-4,6-7H2. The second kappa shape index (κ2) is 3.85. The number of rotatable bonds is 4. The van der Waals surface area contributed by atoms with Gasteiger partial charge in [-0.3, -0.25) is 0 Å². The molecule has 1 aliphatic heterocycles. The van der Waals surface area contributed by atoms with Gasteiger partial charge in [0.2, 0.25) is 0 Å². The highest BCUT2D eigenvalue weighted by Crippen LogP contribution is 2.48. The van der Waals surface area contributed by atoms with Crippen molar-refractivity contribution in [2.45, 2.75) is 31.8 Å². The summed E-state index contributed by atoms with van der Waals surface area (Å²) in [6, 6.07) is 0. The summed E-state index contributed by atoms with van der Waals surface area (Å²) < 4.78 is 5.34. The van der Waals surface area contributed by atoms with E-state index < -0.39 is 0 Å². The van der Waals surface area contributed by atoms with E-state index in [2.05, 4.69) is 0 Å². The van der Waals surface area contributed by atoms with Gasteiger partial charge in [-0.05, 0) is 37.5 Å². The molecule has 0 spiro atoms. The van der Waals surface area contributed by atoms with Crippen LogP contribution in [0.1, 0.15) is 25.7 Å². The van der Waals surface area contributed by atoms with Gasteiger partial charge in [-0.1, -0.05) is 5.57 Å². The number of esters is 1. The smallest absolute Gasteiger partial charge is 0.331 e. The van der Waals surface area contributed by atoms with Crippen molar-refractivity contribution in [3.63, 3.8) is 0 Å². The molecule has 0 unspecified atom stereocenters. The molecule has 1 heterocycles. The van der Waals surface area contributed by atoms with Gasteiger partial charge in [-0.25, -0.2) is 4.79 Å². The fraction of sp³-hybridized carbons (Fsp3) is 0.750. The molecule has 3 aliphatic rings. The van der Waals surface area contributed by atoms with Gasteiger partial charge in [0, 0.05) is 17.6 Å². The highest BCUT2D eigenvalue weighted by atomic mass is 32.2. The second-order valence-corrected chi connectivity index (χ2v) is 5.86. The molecule has 15 heavy (non-hydrogen) atoms. The first-order chi connectivity index (χ1) is 7.33. The molecule has 0 radical (unpaired) electrons. The van der Waals surface area contributed by atoms with Crippen molar-refractivity contribution in [1.82, 2.24) is 0 Å². The third-order valence-corrected chi connectivity index (χ3v) is 4.49. The maximum absolute atomic E-state index is 11.6. The van der Waals surface area contributed by atoms with Crippen molar-refractivity contribution in [2.24, 2.45) is 11.8 Å². The fourth-order valence-corrected chi connectivity index (χ4v) is 2.58. The van der Waals surface area contributed by atoms with Crippen molar-refractivity contribution in [2.75, 3.05) is 11.5 Å². The van der Waals surface area contributed by atoms with Gasteiger partial charge in [0.25, 0.3) is 0 Å². The molecule has 1 saturated heterocycles. The number of allylic oxidation sites excluding steroid dienone is 1. The normalized spacial score (nSPS) is 25.6. The zero-order valence-electron chi connectivity index (χ0n) is 8.78. The molecular weight excluding hydrogens is 208 g/mol. The first-order valence-corrected chi connectivity index (χ1v) is 6.98. The molecule has 2 aliphatic carbocycles. The van der Waals surface area contributed by atoms with Gasteiger partial charge in [0.15, 0.2) is 0 Å². The molecule has 0 aromatic carbocycles. The molecular formula is C12H16O2S. The summed E-state index contributed by atoms with van der Waals surface area (Å²) in [6.07, 6.45) is 7.14. The molecule has 0 N–H and O–H groups in total. The summed E-state index contributed by atoms with van der Waals surface area (Å²) in [5, 5.41) is 0. The van der Waals surface area contributed by atoms with Gasteiger partial charge < -0.3 is 4.74 Å². The summed E-state index contributed by atoms with van der Waals surface area (Å²) in [7, 11) is 0. The maximum Gasteiger partial charge on any atom is 0.331 e. The number of ether oxygens (including phenoxy) is 1. The van der Waals surface area contributed by atoms with E-state index in [9.17, 15) is 4.79 Å². The van der Waals surface area contributed by atoms with Crippen LogP contribution in [0.3, 0.4) is 0 Å². The maximum atomic E-state index is 11.6. The monoisotopic (exact) mass is 224 g/mol. The van der Waals surface area contributed by atoms with E-state index in [0.29, 0.717) is 0 Å². The van der Waals surface area contributed by atoms with Crippen LogP contribution in [0.4, 0.5) is 0 Å². The molecule has 0 bridgehead atoms. The van der Waals surface area contributed by atoms with Crippen LogP contribution in [0.25, 0.3) is 0 Å². The van der Waals surface area contributed by atoms with Crippen molar-refractivity contribution in [3.05, 3.63) is 11.6 Å². The lowest BCUT2D eigenvalue weighted by molar-refractivity contribution is -0.141. The molecule has 3 heteroatoms. The van der Waals surface area contributed by atoms with Gasteiger partial charge in [0.05, 0.1) is 0 Å². The molecule has 2 nitrogen and oxygen atoms in total. The van der Waals surface area contributed by atoms with Crippen molar-refractivity contribution < 1.29 is 9.53 Å². The van der Waals surface area contributed by atoms with Crippen LogP contribution in [0.15, 0.2) is 11.6 Å². The Morgan fingerprint density at radius 2 is 1.73 bits per heavy atom. The van der Waals surface area contributed by atoms with Gasteiger partial charge in [-0.2, -0.15) is 11.8 Å². The Balaban J connectivity index is 1.59. The van der Waals surface area contributed by atoms with Gasteiger partial charge in [-0.15, -0.1) is 0 Å². The van der Waals surface area contributed by atoms with E-state index in [1.54, 1.807) is 6.08 Å². The van der Waals surface area contributed by atoms with Crippen LogP contribution in [-0.4, -0.2) is 23.6 Å². The molecule has 2 saturated carbocycles. The van der Waals surface area contributed by atoms with Crippen molar-refractivity contribution in [1.29, 1.82) is 0 Å². The highest BCUT2D eigenvalue weighted by Gasteiger charge is 2.37. The third-order valence-electron chi connectivity index (χ3n) is 3.27. The van der Waals surface area contributed by atoms with Crippen molar-refractivity contribution in [3.8, 4) is 0 Å². The largest absolute Gasteiger partial charge is 0.457 e. The van der Waals surface area contributed by atoms with E-state index in [1.807, 2.05) is 11.8 Å². The topological polar surface area (TPSA) is 26.3 Å². The lowest BCUT2D eigenvalue weighted by Gasteiger charge is -2.24. The zero-order chi connectivity index (χ0) is 10.3. The van der Waals surface area contributed by atoms with Gasteiger partial charge in [0.1, 0.15) is 6.10 Å². The number of carbonyl (C=O) groups excluding carboxylic acids is 1. The Bertz CT molecular complexity index is 285. The molecule has 0 atom stereocenters. The minimum atomic E-state index is -0.0888. The summed E-state index contributed by atoms with van der Waals surface area (Å²) in [5.41, 5.74) is 1.40. The Labute approximate surface area is 94.4 Å². The van der Waals surface area contributed by atoms with E-state index in [1.165, 1.54) is 31.3 Å². The van der Waals surface area contributed by atoms with Crippen LogP contribution in [0.2, 0.25) is 0 Å². The van der Waals surface area contributed by atoms with E-state index in [0.717, 1.165) is 23.3 Å². The van der Waals surface area contributed by atoms with E-state index >= 15 is 0 Å². The molecule has 0 aromatic rings. The first-order valence-electron chi connectivity index (χ1n) is 5.83. The molecule has 0 amide bonds. The average Bonchev–Trinajstić information content (AvgIpc) is 3.00. The molecule has 82 valence electrons. The first kappa shape index (κ1) is 9.76. The molecule has 0 aromatic heterocycles. The lowest BCUT2D eigenvalue weighted by atomic mass is 10.1. The Hall–Kier alpha value is -0.440. The number of carbonyl (C=O) groups is 1. The highest BCUT2D eigenvalue weighted by molar-refractivity contribution is 8.00. The Morgan fingerprint density at radius 3 is 2.13 bits per heavy atom. The fourth-order valence-electron chi connectivity index (χ4n) is 2.02. The summed E-state index contributed by atoms with van der Waals surface area (Å²) >= 11 is 1.85. The predicted molar refractivity (Wildman–Crippen MR) is 60.7 cm³/mol. The number of hydrogen-bond donors (Lipinski definition) is 0. The predicted octanol–water partition coefficient (Wildman–Crippen LogP) is 2.39. The van der Waals surface area contributed by atoms with Crippen molar-refractivity contribution >= 4 is 17.7 Å². The van der Waals surface area contributed by atoms with Crippen LogP contribution >= 0.6 is 11.8 Å². The Morgan fingerprint density at radius 1 is 1.13 bits per heavy atom. The SMILES string of the molecule is O=C(C=C(C1CC1)C1CC1)OC1CSC1. The van der Waals surface area contributed by atoms with Crippen LogP contribution in [-0.2, 0) is 9.53 Å². The van der Waals surface area contributed by atoms with Crippen LogP contribution in [0.5, 0.6) is 0 Å². The summed E-state index contributed by atoms with van der Waals surface area (Å²) in [4.78, 5) is 11.6. The quantitative estimate of drug-likeness (QED) is 0.542. The third kappa shape index (κ3) is 2.39.